The third kappa shape index (κ3) is 2.58. The number of benzene rings is 1. The first-order valence-corrected chi connectivity index (χ1v) is 5.65. The van der Waals surface area contributed by atoms with Gasteiger partial charge in [0.25, 0.3) is 0 Å². The fraction of sp³-hybridized carbons (Fsp3) is 0.500. The Morgan fingerprint density at radius 2 is 1.94 bits per heavy atom. The summed E-state index contributed by atoms with van der Waals surface area (Å²) in [6.45, 7) is 0. The van der Waals surface area contributed by atoms with Gasteiger partial charge in [0.2, 0.25) is 0 Å². The lowest BCUT2D eigenvalue weighted by Gasteiger charge is -2.19. The van der Waals surface area contributed by atoms with Crippen LogP contribution in [0.4, 0.5) is 17.6 Å². The lowest BCUT2D eigenvalue weighted by atomic mass is 9.95. The van der Waals surface area contributed by atoms with Crippen molar-refractivity contribution in [3.05, 3.63) is 29.1 Å². The summed E-state index contributed by atoms with van der Waals surface area (Å²) in [5.41, 5.74) is 4.08. The van der Waals surface area contributed by atoms with E-state index in [-0.39, 0.29) is 5.92 Å². The number of nitrogens with two attached hydrogens (primary N) is 1. The van der Waals surface area contributed by atoms with E-state index in [1.165, 1.54) is 0 Å². The van der Waals surface area contributed by atoms with Gasteiger partial charge in [-0.2, -0.15) is 13.2 Å². The van der Waals surface area contributed by atoms with E-state index >= 15 is 0 Å². The number of rotatable bonds is 3. The molecule has 100 valence electrons. The van der Waals surface area contributed by atoms with Crippen LogP contribution >= 0.6 is 0 Å². The highest BCUT2D eigenvalue weighted by molar-refractivity contribution is 5.44. The number of hydrogen-bond acceptors (Lipinski definition) is 2. The van der Waals surface area contributed by atoms with Gasteiger partial charge >= 0.3 is 6.18 Å². The molecule has 18 heavy (non-hydrogen) atoms. The minimum Gasteiger partial charge on any atom is -0.505 e. The zero-order valence-electron chi connectivity index (χ0n) is 9.47. The van der Waals surface area contributed by atoms with Gasteiger partial charge in [-0.25, -0.2) is 4.39 Å². The van der Waals surface area contributed by atoms with Gasteiger partial charge in [-0.15, -0.1) is 0 Å². The summed E-state index contributed by atoms with van der Waals surface area (Å²) in [6, 6.07) is 0.229. The predicted molar refractivity (Wildman–Crippen MR) is 57.3 cm³/mol. The van der Waals surface area contributed by atoms with Crippen molar-refractivity contribution in [2.75, 3.05) is 0 Å². The Kier molecular flexibility index (Phi) is 3.23. The lowest BCUT2D eigenvalue weighted by Crippen LogP contribution is -2.18. The Hall–Kier alpha value is -1.30. The molecule has 0 unspecified atom stereocenters. The molecule has 2 nitrogen and oxygen atoms in total. The normalized spacial score (nSPS) is 17.8. The Labute approximate surface area is 101 Å². The third-order valence-electron chi connectivity index (χ3n) is 3.13. The highest BCUT2D eigenvalue weighted by Crippen LogP contribution is 2.43. The molecule has 1 aromatic carbocycles. The van der Waals surface area contributed by atoms with Gasteiger partial charge in [-0.3, -0.25) is 0 Å². The van der Waals surface area contributed by atoms with Gasteiger partial charge < -0.3 is 10.8 Å². The Balaban J connectivity index is 2.43. The summed E-state index contributed by atoms with van der Waals surface area (Å²) in [6.07, 6.45) is -2.47. The standard InChI is InChI=1S/C12H13F4NO/c13-8-4-3-7(12(14,15)16)10(11(8)18)9(17)5-6-1-2-6/h3-4,6,9,18H,1-2,5,17H2/t9-/m0/s1. The summed E-state index contributed by atoms with van der Waals surface area (Å²) in [7, 11) is 0. The minimum absolute atomic E-state index is 0.281. The molecule has 0 amide bonds. The van der Waals surface area contributed by atoms with Crippen molar-refractivity contribution < 1.29 is 22.7 Å². The van der Waals surface area contributed by atoms with Crippen LogP contribution in [0.1, 0.15) is 36.4 Å². The average molecular weight is 263 g/mol. The van der Waals surface area contributed by atoms with Crippen LogP contribution in [0.5, 0.6) is 5.75 Å². The second-order valence-corrected chi connectivity index (χ2v) is 4.64. The van der Waals surface area contributed by atoms with Gasteiger partial charge in [0.1, 0.15) is 0 Å². The van der Waals surface area contributed by atoms with Crippen molar-refractivity contribution >= 4 is 0 Å². The van der Waals surface area contributed by atoms with Crippen molar-refractivity contribution in [3.8, 4) is 5.75 Å². The summed E-state index contributed by atoms with van der Waals surface area (Å²) < 4.78 is 51.5. The van der Waals surface area contributed by atoms with Crippen LogP contribution < -0.4 is 5.73 Å². The van der Waals surface area contributed by atoms with Crippen molar-refractivity contribution in [1.82, 2.24) is 0 Å². The van der Waals surface area contributed by atoms with Crippen LogP contribution in [0, 0.1) is 11.7 Å². The maximum Gasteiger partial charge on any atom is 0.416 e. The Morgan fingerprint density at radius 3 is 2.44 bits per heavy atom. The summed E-state index contributed by atoms with van der Waals surface area (Å²) in [4.78, 5) is 0. The fourth-order valence-electron chi connectivity index (χ4n) is 2.03. The maximum atomic E-state index is 13.2. The smallest absolute Gasteiger partial charge is 0.416 e. The van der Waals surface area contributed by atoms with E-state index < -0.39 is 34.9 Å². The largest absolute Gasteiger partial charge is 0.505 e. The summed E-state index contributed by atoms with van der Waals surface area (Å²) in [5, 5.41) is 9.49. The topological polar surface area (TPSA) is 46.2 Å². The molecule has 1 aromatic rings. The van der Waals surface area contributed by atoms with Gasteiger partial charge in [0.15, 0.2) is 11.6 Å². The predicted octanol–water partition coefficient (Wildman–Crippen LogP) is 3.35. The van der Waals surface area contributed by atoms with Crippen LogP contribution in [0.25, 0.3) is 0 Å². The molecule has 0 saturated heterocycles. The third-order valence-corrected chi connectivity index (χ3v) is 3.13. The minimum atomic E-state index is -4.65. The van der Waals surface area contributed by atoms with Gasteiger partial charge in [-0.05, 0) is 24.5 Å². The highest BCUT2D eigenvalue weighted by atomic mass is 19.4. The zero-order chi connectivity index (χ0) is 13.5. The van der Waals surface area contributed by atoms with Crippen molar-refractivity contribution in [2.45, 2.75) is 31.5 Å². The first-order valence-electron chi connectivity index (χ1n) is 5.65. The average Bonchev–Trinajstić information content (AvgIpc) is 3.03. The molecule has 1 atom stereocenters. The van der Waals surface area contributed by atoms with Gasteiger partial charge in [-0.1, -0.05) is 12.8 Å². The van der Waals surface area contributed by atoms with Crippen LogP contribution in [0.2, 0.25) is 0 Å². The molecule has 0 aliphatic heterocycles. The zero-order valence-corrected chi connectivity index (χ0v) is 9.47. The molecule has 0 heterocycles. The molecule has 0 spiro atoms. The second-order valence-electron chi connectivity index (χ2n) is 4.64. The first kappa shape index (κ1) is 13.1. The summed E-state index contributed by atoms with van der Waals surface area (Å²) in [5.74, 6) is -1.79. The quantitative estimate of drug-likeness (QED) is 0.821. The van der Waals surface area contributed by atoms with Crippen LogP contribution in [-0.4, -0.2) is 5.11 Å². The van der Waals surface area contributed by atoms with Crippen LogP contribution in [0.3, 0.4) is 0 Å². The number of phenolic OH excluding ortho intramolecular Hbond substituents is 1. The van der Waals surface area contributed by atoms with Crippen molar-refractivity contribution in [2.24, 2.45) is 11.7 Å². The number of halogens is 4. The molecular formula is C12H13F4NO. The highest BCUT2D eigenvalue weighted by Gasteiger charge is 2.38. The second kappa shape index (κ2) is 4.42. The number of aromatic hydroxyl groups is 1. The number of hydrogen-bond donors (Lipinski definition) is 2. The van der Waals surface area contributed by atoms with E-state index in [1.54, 1.807) is 0 Å². The van der Waals surface area contributed by atoms with Crippen molar-refractivity contribution in [1.29, 1.82) is 0 Å². The number of alkyl halides is 3. The first-order chi connectivity index (χ1) is 8.30. The molecular weight excluding hydrogens is 250 g/mol. The molecule has 1 saturated carbocycles. The molecule has 1 aliphatic carbocycles. The van der Waals surface area contributed by atoms with Crippen LogP contribution in [-0.2, 0) is 6.18 Å². The number of phenols is 1. The van der Waals surface area contributed by atoms with Gasteiger partial charge in [0.05, 0.1) is 5.56 Å². The molecule has 1 aliphatic rings. The molecule has 1 fully saturated rings. The van der Waals surface area contributed by atoms with E-state index in [2.05, 4.69) is 0 Å². The van der Waals surface area contributed by atoms with E-state index in [4.69, 9.17) is 5.73 Å². The molecule has 6 heteroatoms. The van der Waals surface area contributed by atoms with Gasteiger partial charge in [0, 0.05) is 11.6 Å². The van der Waals surface area contributed by atoms with E-state index in [0.29, 0.717) is 18.6 Å². The lowest BCUT2D eigenvalue weighted by molar-refractivity contribution is -0.138. The summed E-state index contributed by atoms with van der Waals surface area (Å²) >= 11 is 0. The maximum absolute atomic E-state index is 13.2. The Morgan fingerprint density at radius 1 is 1.33 bits per heavy atom. The molecule has 0 radical (unpaired) electrons. The monoisotopic (exact) mass is 263 g/mol. The fourth-order valence-corrected chi connectivity index (χ4v) is 2.03. The SMILES string of the molecule is N[C@@H](CC1CC1)c1c(C(F)(F)F)ccc(F)c1O. The Bertz CT molecular complexity index is 454. The molecule has 0 aromatic heterocycles. The molecule has 0 bridgehead atoms. The van der Waals surface area contributed by atoms with E-state index in [1.807, 2.05) is 0 Å². The van der Waals surface area contributed by atoms with Crippen molar-refractivity contribution in [3.63, 3.8) is 0 Å². The van der Waals surface area contributed by atoms with E-state index in [0.717, 1.165) is 12.8 Å². The molecule has 3 N–H and O–H groups in total. The van der Waals surface area contributed by atoms with Crippen LogP contribution in [0.15, 0.2) is 12.1 Å². The van der Waals surface area contributed by atoms with E-state index in [9.17, 15) is 22.7 Å². The molecule has 2 rings (SSSR count).